The molecule has 0 saturated heterocycles. The average Bonchev–Trinajstić information content (AvgIpc) is 1.14. The summed E-state index contributed by atoms with van der Waals surface area (Å²) in [4.78, 5) is 0. The SMILES string of the molecule is O.O.O.[Cr].[O]=[Cr](=[O])([OH])[O][Cr](=[O])(=[O])[OH]. The van der Waals surface area contributed by atoms with Crippen LogP contribution in [0.2, 0.25) is 0 Å². The molecule has 0 rings (SSSR count). The van der Waals surface area contributed by atoms with Crippen LogP contribution in [0.1, 0.15) is 0 Å². The van der Waals surface area contributed by atoms with Crippen molar-refractivity contribution in [2.45, 2.75) is 0 Å². The molecule has 0 aliphatic carbocycles. The van der Waals surface area contributed by atoms with Crippen LogP contribution in [0.15, 0.2) is 0 Å². The van der Waals surface area contributed by atoms with Crippen LogP contribution in [0, 0.1) is 0 Å². The van der Waals surface area contributed by atoms with E-state index in [1.54, 1.807) is 0 Å². The van der Waals surface area contributed by atoms with Gasteiger partial charge in [-0.2, -0.15) is 0 Å². The van der Waals surface area contributed by atoms with Gasteiger partial charge in [-0.3, -0.25) is 0 Å². The predicted octanol–water partition coefficient (Wildman–Crippen LogP) is -4.14. The molecule has 86 valence electrons. The molecule has 0 heterocycles. The average molecular weight is 324 g/mol. The van der Waals surface area contributed by atoms with Crippen molar-refractivity contribution in [2.24, 2.45) is 0 Å². The molecular weight excluding hydrogens is 316 g/mol. The predicted molar refractivity (Wildman–Crippen MR) is 19.1 cm³/mol. The van der Waals surface area contributed by atoms with Crippen molar-refractivity contribution in [3.8, 4) is 0 Å². The minimum absolute atomic E-state index is 0. The summed E-state index contributed by atoms with van der Waals surface area (Å²) in [6.07, 6.45) is 0. The van der Waals surface area contributed by atoms with E-state index < -0.39 is 27.2 Å². The molecule has 0 aliphatic rings. The molecule has 0 aromatic heterocycles. The van der Waals surface area contributed by atoms with E-state index >= 15 is 0 Å². The second-order valence-electron chi connectivity index (χ2n) is 0.924. The van der Waals surface area contributed by atoms with Gasteiger partial charge in [-0.05, 0) is 0 Å². The second-order valence-corrected chi connectivity index (χ2v) is 4.68. The molecule has 0 radical (unpaired) electrons. The first-order valence-electron chi connectivity index (χ1n) is 1.37. The summed E-state index contributed by atoms with van der Waals surface area (Å²) in [5, 5.41) is 0. The van der Waals surface area contributed by atoms with Crippen LogP contribution in [0.25, 0.3) is 0 Å². The molecule has 13 heavy (non-hydrogen) atoms. The third-order valence-electron chi connectivity index (χ3n) is 0.172. The van der Waals surface area contributed by atoms with Crippen molar-refractivity contribution in [2.75, 3.05) is 0 Å². The molecule has 0 unspecified atom stereocenters. The van der Waals surface area contributed by atoms with Crippen LogP contribution in [0.3, 0.4) is 0 Å². The summed E-state index contributed by atoms with van der Waals surface area (Å²) in [7, 11) is 0. The Bertz CT molecular complexity index is 235. The fourth-order valence-electron chi connectivity index (χ4n) is 0.109. The first-order valence-corrected chi connectivity index (χ1v) is 5.63. The Hall–Kier alpha value is 0.557. The van der Waals surface area contributed by atoms with Crippen molar-refractivity contribution in [1.82, 2.24) is 0 Å². The summed E-state index contributed by atoms with van der Waals surface area (Å²) in [5.74, 6) is 0. The van der Waals surface area contributed by atoms with Crippen molar-refractivity contribution >= 4 is 0 Å². The van der Waals surface area contributed by atoms with Gasteiger partial charge in [0, 0.05) is 17.4 Å². The van der Waals surface area contributed by atoms with Gasteiger partial charge in [0.1, 0.15) is 0 Å². The molecule has 0 fully saturated rings. The molecule has 0 saturated carbocycles. The fourth-order valence-corrected chi connectivity index (χ4v) is 1.85. The van der Waals surface area contributed by atoms with E-state index in [2.05, 4.69) is 2.84 Å². The molecular formula is H8Cr3O10. The zero-order valence-electron chi connectivity index (χ0n) is 5.66. The minimum atomic E-state index is -5.76. The van der Waals surface area contributed by atoms with Gasteiger partial charge in [-0.25, -0.2) is 0 Å². The molecule has 8 N–H and O–H groups in total. The van der Waals surface area contributed by atoms with Gasteiger partial charge in [0.25, 0.3) is 0 Å². The normalized spacial score (nSPS) is 9.38. The van der Waals surface area contributed by atoms with Crippen molar-refractivity contribution < 1.29 is 87.4 Å². The van der Waals surface area contributed by atoms with Gasteiger partial charge in [0.05, 0.1) is 0 Å². The summed E-state index contributed by atoms with van der Waals surface area (Å²) < 4.78 is 56.3. The van der Waals surface area contributed by atoms with E-state index in [9.17, 15) is 15.2 Å². The molecule has 0 aliphatic heterocycles. The van der Waals surface area contributed by atoms with Crippen molar-refractivity contribution in [3.05, 3.63) is 0 Å². The van der Waals surface area contributed by atoms with Gasteiger partial charge >= 0.3 is 53.6 Å². The van der Waals surface area contributed by atoms with Crippen LogP contribution >= 0.6 is 0 Å². The van der Waals surface area contributed by atoms with E-state index in [0.29, 0.717) is 0 Å². The Morgan fingerprint density at radius 1 is 0.769 bits per heavy atom. The number of hydrogen-bond donors (Lipinski definition) is 2. The van der Waals surface area contributed by atoms with E-state index in [4.69, 9.17) is 8.32 Å². The molecule has 0 amide bonds. The van der Waals surface area contributed by atoms with Crippen LogP contribution in [-0.2, 0) is 62.6 Å². The van der Waals surface area contributed by atoms with Crippen molar-refractivity contribution in [1.29, 1.82) is 0 Å². The molecule has 0 atom stereocenters. The summed E-state index contributed by atoms with van der Waals surface area (Å²) in [6, 6.07) is 0. The van der Waals surface area contributed by atoms with E-state index in [1.807, 2.05) is 0 Å². The van der Waals surface area contributed by atoms with Gasteiger partial charge in [-0.1, -0.05) is 0 Å². The number of hydrogen-bond acceptors (Lipinski definition) is 5. The summed E-state index contributed by atoms with van der Waals surface area (Å²) in [6.45, 7) is 0. The topological polar surface area (TPSA) is 212 Å². The molecule has 0 aromatic rings. The second kappa shape index (κ2) is 9.13. The zero-order valence-corrected chi connectivity index (χ0v) is 9.49. The standard InChI is InChI=1S/3Cr.5H2O.5O/h;;;5*1H2;;;;;/q;2*+1;;;;;;;;;;/p-2. The Kier molecular flexibility index (Phi) is 20.5. The number of rotatable bonds is 2. The third-order valence-corrected chi connectivity index (χ3v) is 2.92. The Morgan fingerprint density at radius 3 is 0.923 bits per heavy atom. The Labute approximate surface area is 87.3 Å². The molecule has 0 bridgehead atoms. The van der Waals surface area contributed by atoms with Crippen LogP contribution < -0.4 is 0 Å². The first kappa shape index (κ1) is 29.2. The fraction of sp³-hybridized carbons (Fsp3) is 0. The van der Waals surface area contributed by atoms with E-state index in [-0.39, 0.29) is 33.8 Å². The molecule has 13 heteroatoms. The van der Waals surface area contributed by atoms with Crippen LogP contribution in [0.5, 0.6) is 0 Å². The van der Waals surface area contributed by atoms with Gasteiger partial charge < -0.3 is 16.4 Å². The third kappa shape index (κ3) is 32.5. The first-order chi connectivity index (χ1) is 3.71. The summed E-state index contributed by atoms with van der Waals surface area (Å²) in [5.41, 5.74) is 0. The van der Waals surface area contributed by atoms with Crippen LogP contribution in [0.4, 0.5) is 0 Å². The molecule has 0 aromatic carbocycles. The van der Waals surface area contributed by atoms with E-state index in [0.717, 1.165) is 0 Å². The monoisotopic (exact) mass is 324 g/mol. The maximum atomic E-state index is 9.53. The Balaban J connectivity index is -0.0000000533. The molecule has 0 spiro atoms. The quantitative estimate of drug-likeness (QED) is 0.511. The Morgan fingerprint density at radius 2 is 0.923 bits per heavy atom. The maximum absolute atomic E-state index is 9.53. The van der Waals surface area contributed by atoms with Crippen molar-refractivity contribution in [3.63, 3.8) is 0 Å². The van der Waals surface area contributed by atoms with Gasteiger partial charge in [-0.15, -0.1) is 0 Å². The van der Waals surface area contributed by atoms with Crippen LogP contribution in [-0.4, -0.2) is 24.7 Å². The zero-order chi connectivity index (χ0) is 7.71. The van der Waals surface area contributed by atoms with Gasteiger partial charge in [0.15, 0.2) is 0 Å². The molecule has 10 nitrogen and oxygen atoms in total. The van der Waals surface area contributed by atoms with Gasteiger partial charge in [0.2, 0.25) is 0 Å². The summed E-state index contributed by atoms with van der Waals surface area (Å²) >= 11 is -11.5. The van der Waals surface area contributed by atoms with E-state index in [1.165, 1.54) is 0 Å².